The van der Waals surface area contributed by atoms with Crippen LogP contribution < -0.4 is 15.8 Å². The van der Waals surface area contributed by atoms with Gasteiger partial charge in [0, 0.05) is 18.3 Å². The number of benzene rings is 1. The molecule has 0 fully saturated rings. The van der Waals surface area contributed by atoms with Crippen LogP contribution in [0.5, 0.6) is 0 Å². The monoisotopic (exact) mass is 258 g/mol. The number of hydrogen-bond donors (Lipinski definition) is 2. The summed E-state index contributed by atoms with van der Waals surface area (Å²) in [5.41, 5.74) is 0.486. The minimum Gasteiger partial charge on any atom is -0.294 e. The number of urea groups is 1. The highest BCUT2D eigenvalue weighted by atomic mass is 16.2. The van der Waals surface area contributed by atoms with Gasteiger partial charge >= 0.3 is 6.03 Å². The van der Waals surface area contributed by atoms with Crippen molar-refractivity contribution in [3.8, 4) is 0 Å². The molecule has 19 heavy (non-hydrogen) atoms. The van der Waals surface area contributed by atoms with Gasteiger partial charge in [-0.3, -0.25) is 15.0 Å². The molecule has 0 saturated heterocycles. The first-order valence-electron chi connectivity index (χ1n) is 5.90. The molecule has 0 aliphatic heterocycles. The molecule has 98 valence electrons. The first kappa shape index (κ1) is 12.8. The predicted molar refractivity (Wildman–Crippen MR) is 73.3 cm³/mol. The number of aromatic amines is 1. The zero-order valence-electron chi connectivity index (χ0n) is 10.5. The van der Waals surface area contributed by atoms with Crippen LogP contribution in [0.3, 0.4) is 0 Å². The molecule has 2 rings (SSSR count). The van der Waals surface area contributed by atoms with Crippen molar-refractivity contribution in [3.05, 3.63) is 52.8 Å². The van der Waals surface area contributed by atoms with E-state index in [1.54, 1.807) is 4.90 Å². The van der Waals surface area contributed by atoms with Crippen molar-refractivity contribution >= 4 is 17.5 Å². The molecule has 0 saturated carbocycles. The van der Waals surface area contributed by atoms with Crippen LogP contribution in [0.2, 0.25) is 0 Å². The van der Waals surface area contributed by atoms with Crippen LogP contribution in [0.15, 0.2) is 47.3 Å². The second kappa shape index (κ2) is 5.81. The molecule has 0 unspecified atom stereocenters. The largest absolute Gasteiger partial charge is 0.327 e. The minimum absolute atomic E-state index is 0.298. The number of aromatic nitrogens is 2. The van der Waals surface area contributed by atoms with Crippen molar-refractivity contribution in [3.63, 3.8) is 0 Å². The van der Waals surface area contributed by atoms with Gasteiger partial charge in [-0.25, -0.2) is 9.89 Å². The van der Waals surface area contributed by atoms with E-state index in [9.17, 15) is 9.59 Å². The Morgan fingerprint density at radius 2 is 2.00 bits per heavy atom. The lowest BCUT2D eigenvalue weighted by molar-refractivity contribution is 0.257. The van der Waals surface area contributed by atoms with Crippen molar-refractivity contribution in [1.29, 1.82) is 0 Å². The van der Waals surface area contributed by atoms with Gasteiger partial charge in [0.15, 0.2) is 5.82 Å². The molecule has 2 amide bonds. The molecule has 1 aromatic heterocycles. The maximum absolute atomic E-state index is 12.1. The molecule has 0 spiro atoms. The van der Waals surface area contributed by atoms with Crippen LogP contribution in [-0.4, -0.2) is 22.8 Å². The molecular formula is C13H14N4O2. The van der Waals surface area contributed by atoms with Crippen molar-refractivity contribution in [2.75, 3.05) is 16.8 Å². The fraction of sp³-hybridized carbons (Fsp3) is 0.154. The Morgan fingerprint density at radius 3 is 2.58 bits per heavy atom. The number of carbonyl (C=O) groups excluding carboxylic acids is 1. The maximum atomic E-state index is 12.1. The van der Waals surface area contributed by atoms with Crippen molar-refractivity contribution in [2.45, 2.75) is 6.92 Å². The Balaban J connectivity index is 2.13. The SMILES string of the molecule is CCN(C(=O)Nc1ccc(=O)[nH]n1)c1ccccc1. The van der Waals surface area contributed by atoms with Crippen LogP contribution in [0.4, 0.5) is 16.3 Å². The van der Waals surface area contributed by atoms with Gasteiger partial charge < -0.3 is 0 Å². The van der Waals surface area contributed by atoms with Crippen LogP contribution in [0.1, 0.15) is 6.92 Å². The van der Waals surface area contributed by atoms with Crippen molar-refractivity contribution in [2.24, 2.45) is 0 Å². The van der Waals surface area contributed by atoms with Gasteiger partial charge in [0.05, 0.1) is 0 Å². The smallest absolute Gasteiger partial charge is 0.294 e. The van der Waals surface area contributed by atoms with E-state index in [-0.39, 0.29) is 11.6 Å². The Bertz CT molecular complexity index is 589. The standard InChI is InChI=1S/C13H14N4O2/c1-2-17(10-6-4-3-5-7-10)13(19)14-11-8-9-12(18)16-15-11/h3-9H,2H2,1H3,(H,16,18)(H,14,15,19). The Morgan fingerprint density at radius 1 is 1.26 bits per heavy atom. The quantitative estimate of drug-likeness (QED) is 0.881. The highest BCUT2D eigenvalue weighted by Crippen LogP contribution is 2.14. The Kier molecular flexibility index (Phi) is 3.92. The third-order valence-corrected chi connectivity index (χ3v) is 2.54. The Hall–Kier alpha value is -2.63. The molecule has 0 aliphatic rings. The molecule has 0 radical (unpaired) electrons. The summed E-state index contributed by atoms with van der Waals surface area (Å²) < 4.78 is 0. The summed E-state index contributed by atoms with van der Waals surface area (Å²) in [6.45, 7) is 2.41. The van der Waals surface area contributed by atoms with E-state index in [2.05, 4.69) is 15.5 Å². The molecule has 1 heterocycles. The number of carbonyl (C=O) groups is 1. The van der Waals surface area contributed by atoms with Gasteiger partial charge in [-0.05, 0) is 25.1 Å². The highest BCUT2D eigenvalue weighted by molar-refractivity contribution is 6.01. The van der Waals surface area contributed by atoms with Gasteiger partial charge in [-0.1, -0.05) is 18.2 Å². The van der Waals surface area contributed by atoms with Crippen molar-refractivity contribution < 1.29 is 4.79 Å². The number of nitrogens with zero attached hydrogens (tertiary/aromatic N) is 2. The first-order chi connectivity index (χ1) is 9.20. The van der Waals surface area contributed by atoms with Crippen LogP contribution >= 0.6 is 0 Å². The highest BCUT2D eigenvalue weighted by Gasteiger charge is 2.13. The van der Waals surface area contributed by atoms with Gasteiger partial charge in [0.25, 0.3) is 5.56 Å². The van der Waals surface area contributed by atoms with Crippen LogP contribution in [0.25, 0.3) is 0 Å². The van der Waals surface area contributed by atoms with Gasteiger partial charge in [-0.15, -0.1) is 0 Å². The maximum Gasteiger partial charge on any atom is 0.327 e. The molecule has 6 heteroatoms. The lowest BCUT2D eigenvalue weighted by atomic mass is 10.3. The average molecular weight is 258 g/mol. The summed E-state index contributed by atoms with van der Waals surface area (Å²) in [6, 6.07) is 11.8. The molecule has 1 aromatic carbocycles. The lowest BCUT2D eigenvalue weighted by Gasteiger charge is -2.20. The number of rotatable bonds is 3. The van der Waals surface area contributed by atoms with Crippen molar-refractivity contribution in [1.82, 2.24) is 10.2 Å². The zero-order chi connectivity index (χ0) is 13.7. The molecule has 0 bridgehead atoms. The minimum atomic E-state index is -0.312. The number of hydrogen-bond acceptors (Lipinski definition) is 3. The lowest BCUT2D eigenvalue weighted by Crippen LogP contribution is -2.35. The normalized spacial score (nSPS) is 9.95. The van der Waals surface area contributed by atoms with E-state index in [1.807, 2.05) is 37.3 Å². The summed E-state index contributed by atoms with van der Waals surface area (Å²) in [5.74, 6) is 0.305. The summed E-state index contributed by atoms with van der Waals surface area (Å²) in [5, 5.41) is 8.62. The van der Waals surface area contributed by atoms with Gasteiger partial charge in [0.1, 0.15) is 0 Å². The van der Waals surface area contributed by atoms with E-state index < -0.39 is 0 Å². The van der Waals surface area contributed by atoms with Gasteiger partial charge in [-0.2, -0.15) is 5.10 Å². The summed E-state index contributed by atoms with van der Waals surface area (Å²) in [7, 11) is 0. The fourth-order valence-corrected chi connectivity index (χ4v) is 1.64. The first-order valence-corrected chi connectivity index (χ1v) is 5.90. The third kappa shape index (κ3) is 3.19. The second-order valence-corrected chi connectivity index (χ2v) is 3.82. The van der Waals surface area contributed by atoms with E-state index in [4.69, 9.17) is 0 Å². The molecule has 2 aromatic rings. The topological polar surface area (TPSA) is 78.1 Å². The summed E-state index contributed by atoms with van der Waals surface area (Å²) in [6.07, 6.45) is 0. The molecular weight excluding hydrogens is 244 g/mol. The summed E-state index contributed by atoms with van der Waals surface area (Å²) >= 11 is 0. The third-order valence-electron chi connectivity index (χ3n) is 2.54. The zero-order valence-corrected chi connectivity index (χ0v) is 10.5. The Labute approximate surface area is 110 Å². The van der Waals surface area contributed by atoms with E-state index in [0.29, 0.717) is 12.4 Å². The van der Waals surface area contributed by atoms with Crippen LogP contribution in [0, 0.1) is 0 Å². The molecule has 2 N–H and O–H groups in total. The number of nitrogens with one attached hydrogen (secondary N) is 2. The second-order valence-electron chi connectivity index (χ2n) is 3.82. The molecule has 0 atom stereocenters. The number of para-hydroxylation sites is 1. The molecule has 0 aliphatic carbocycles. The fourth-order valence-electron chi connectivity index (χ4n) is 1.64. The summed E-state index contributed by atoms with van der Waals surface area (Å²) in [4.78, 5) is 24.6. The van der Waals surface area contributed by atoms with E-state index >= 15 is 0 Å². The molecule has 6 nitrogen and oxygen atoms in total. The van der Waals surface area contributed by atoms with E-state index in [0.717, 1.165) is 5.69 Å². The predicted octanol–water partition coefficient (Wildman–Crippen LogP) is 1.83. The number of anilines is 2. The van der Waals surface area contributed by atoms with E-state index in [1.165, 1.54) is 12.1 Å². The number of H-pyrrole nitrogens is 1. The van der Waals surface area contributed by atoms with Gasteiger partial charge in [0.2, 0.25) is 0 Å². The number of amides is 2. The average Bonchev–Trinajstić information content (AvgIpc) is 2.43. The van der Waals surface area contributed by atoms with Crippen LogP contribution in [-0.2, 0) is 0 Å².